The molecule has 0 heterocycles. The quantitative estimate of drug-likeness (QED) is 0.694. The molecule has 56 valence electrons. The monoisotopic (exact) mass is 320 g/mol. The average molecular weight is 323 g/mol. The summed E-state index contributed by atoms with van der Waals surface area (Å²) in [6.45, 7) is 2.24. The predicted molar refractivity (Wildman–Crippen MR) is 54.1 cm³/mol. The lowest BCUT2D eigenvalue weighted by Gasteiger charge is -2.09. The Bertz CT molecular complexity index is 57.3. The van der Waals surface area contributed by atoms with Gasteiger partial charge in [0.15, 0.2) is 0 Å². The van der Waals surface area contributed by atoms with Crippen LogP contribution in [0.25, 0.3) is 0 Å². The van der Waals surface area contributed by atoms with Crippen LogP contribution < -0.4 is 0 Å². The first kappa shape index (κ1) is 10.4. The van der Waals surface area contributed by atoms with E-state index < -0.39 is 0 Å². The zero-order valence-corrected chi connectivity index (χ0v) is 10.2. The number of hydrogen-bond donors (Lipinski definition) is 0. The van der Waals surface area contributed by atoms with Crippen molar-refractivity contribution in [1.29, 1.82) is 0 Å². The van der Waals surface area contributed by atoms with E-state index in [0.717, 1.165) is 16.6 Å². The third-order valence-electron chi connectivity index (χ3n) is 1.09. The van der Waals surface area contributed by atoms with E-state index in [9.17, 15) is 0 Å². The molecule has 0 saturated carbocycles. The zero-order valence-electron chi connectivity index (χ0n) is 5.41. The lowest BCUT2D eigenvalue weighted by molar-refractivity contribution is 0.606. The van der Waals surface area contributed by atoms with E-state index in [1.807, 2.05) is 0 Å². The minimum absolute atomic E-state index is 0.630. The molecule has 0 spiro atoms. The summed E-state index contributed by atoms with van der Waals surface area (Å²) in [5, 5.41) is 2.15. The van der Waals surface area contributed by atoms with Gasteiger partial charge in [0, 0.05) is 15.5 Å². The van der Waals surface area contributed by atoms with Crippen LogP contribution in [0.5, 0.6) is 0 Å². The average Bonchev–Trinajstić information content (AvgIpc) is 1.87. The van der Waals surface area contributed by atoms with E-state index in [1.165, 1.54) is 6.42 Å². The van der Waals surface area contributed by atoms with Gasteiger partial charge in [0.05, 0.1) is 0 Å². The Morgan fingerprint density at radius 1 is 1.22 bits per heavy atom. The maximum Gasteiger partial charge on any atom is 0.0245 e. The van der Waals surface area contributed by atoms with Gasteiger partial charge in [-0.3, -0.25) is 0 Å². The second kappa shape index (κ2) is 6.17. The fraction of sp³-hybridized carbons (Fsp3) is 1.00. The van der Waals surface area contributed by atoms with Crippen molar-refractivity contribution in [1.82, 2.24) is 0 Å². The molecule has 0 amide bonds. The Kier molecular flexibility index (Phi) is 7.16. The van der Waals surface area contributed by atoms with Crippen LogP contribution in [0.2, 0.25) is 0 Å². The van der Waals surface area contributed by atoms with E-state index in [4.69, 9.17) is 0 Å². The van der Waals surface area contributed by atoms with Crippen molar-refractivity contribution in [2.24, 2.45) is 5.92 Å². The summed E-state index contributed by atoms with van der Waals surface area (Å²) in [4.78, 5) is 0.630. The smallest absolute Gasteiger partial charge is 0.0245 e. The third kappa shape index (κ3) is 5.86. The van der Waals surface area contributed by atoms with E-state index >= 15 is 0 Å². The molecular weight excluding hydrogens is 312 g/mol. The van der Waals surface area contributed by atoms with Gasteiger partial charge in [0.25, 0.3) is 0 Å². The first-order valence-corrected chi connectivity index (χ1v) is 6.12. The standard InChI is InChI=1S/C6H11Br3/c1-5(3-7)2-6(9)4-8/h5-6H,2-4H2,1H3. The topological polar surface area (TPSA) is 0 Å². The second-order valence-corrected chi connectivity index (χ2v) is 4.84. The highest BCUT2D eigenvalue weighted by Crippen LogP contribution is 2.16. The summed E-state index contributed by atoms with van der Waals surface area (Å²) in [6.07, 6.45) is 1.23. The van der Waals surface area contributed by atoms with E-state index in [-0.39, 0.29) is 0 Å². The summed E-state index contributed by atoms with van der Waals surface area (Å²) in [5.41, 5.74) is 0. The van der Waals surface area contributed by atoms with Gasteiger partial charge in [-0.1, -0.05) is 54.7 Å². The Labute approximate surface area is 82.2 Å². The molecule has 0 bridgehead atoms. The van der Waals surface area contributed by atoms with E-state index in [1.54, 1.807) is 0 Å². The molecule has 0 rings (SSSR count). The molecule has 0 fully saturated rings. The Balaban J connectivity index is 3.22. The predicted octanol–water partition coefficient (Wildman–Crippen LogP) is 3.57. The van der Waals surface area contributed by atoms with Crippen LogP contribution in [0.15, 0.2) is 0 Å². The molecule has 0 saturated heterocycles. The third-order valence-corrected chi connectivity index (χ3v) is 4.54. The minimum Gasteiger partial charge on any atom is -0.0925 e. The van der Waals surface area contributed by atoms with Gasteiger partial charge in [0.2, 0.25) is 0 Å². The van der Waals surface area contributed by atoms with Crippen molar-refractivity contribution in [3.63, 3.8) is 0 Å². The van der Waals surface area contributed by atoms with Crippen LogP contribution in [0.4, 0.5) is 0 Å². The number of halogens is 3. The van der Waals surface area contributed by atoms with Crippen molar-refractivity contribution < 1.29 is 0 Å². The van der Waals surface area contributed by atoms with Crippen molar-refractivity contribution in [3.8, 4) is 0 Å². The largest absolute Gasteiger partial charge is 0.0925 e. The van der Waals surface area contributed by atoms with Crippen LogP contribution in [0.3, 0.4) is 0 Å². The highest BCUT2D eigenvalue weighted by Gasteiger charge is 2.06. The van der Waals surface area contributed by atoms with Gasteiger partial charge in [-0.25, -0.2) is 0 Å². The number of hydrogen-bond acceptors (Lipinski definition) is 0. The molecule has 3 heteroatoms. The normalized spacial score (nSPS) is 17.3. The van der Waals surface area contributed by atoms with E-state index in [2.05, 4.69) is 54.7 Å². The molecule has 9 heavy (non-hydrogen) atoms. The lowest BCUT2D eigenvalue weighted by Crippen LogP contribution is -2.07. The summed E-state index contributed by atoms with van der Waals surface area (Å²) in [7, 11) is 0. The fourth-order valence-corrected chi connectivity index (χ4v) is 1.73. The second-order valence-electron chi connectivity index (χ2n) is 2.25. The summed E-state index contributed by atoms with van der Waals surface area (Å²) in [6, 6.07) is 0. The van der Waals surface area contributed by atoms with Crippen molar-refractivity contribution in [2.75, 3.05) is 10.7 Å². The zero-order chi connectivity index (χ0) is 7.28. The van der Waals surface area contributed by atoms with Gasteiger partial charge >= 0.3 is 0 Å². The highest BCUT2D eigenvalue weighted by atomic mass is 79.9. The minimum atomic E-state index is 0.630. The molecule has 0 aromatic rings. The Morgan fingerprint density at radius 3 is 2.11 bits per heavy atom. The molecule has 2 atom stereocenters. The summed E-state index contributed by atoms with van der Waals surface area (Å²) >= 11 is 10.4. The summed E-state index contributed by atoms with van der Waals surface area (Å²) < 4.78 is 0. The fourth-order valence-electron chi connectivity index (χ4n) is 0.563. The van der Waals surface area contributed by atoms with Gasteiger partial charge in [-0.15, -0.1) is 0 Å². The van der Waals surface area contributed by atoms with Gasteiger partial charge in [0.1, 0.15) is 0 Å². The lowest BCUT2D eigenvalue weighted by atomic mass is 10.1. The van der Waals surface area contributed by atoms with Crippen molar-refractivity contribution in [3.05, 3.63) is 0 Å². The number of rotatable bonds is 4. The Morgan fingerprint density at radius 2 is 1.78 bits per heavy atom. The van der Waals surface area contributed by atoms with Crippen molar-refractivity contribution in [2.45, 2.75) is 18.2 Å². The van der Waals surface area contributed by atoms with Crippen molar-refractivity contribution >= 4 is 47.8 Å². The van der Waals surface area contributed by atoms with E-state index in [0.29, 0.717) is 4.83 Å². The first-order chi connectivity index (χ1) is 4.20. The first-order valence-electron chi connectivity index (χ1n) is 2.96. The molecule has 0 aliphatic rings. The molecule has 0 N–H and O–H groups in total. The van der Waals surface area contributed by atoms with Crippen LogP contribution in [0, 0.1) is 5.92 Å². The SMILES string of the molecule is CC(CBr)CC(Br)CBr. The van der Waals surface area contributed by atoms with Crippen LogP contribution in [-0.2, 0) is 0 Å². The maximum absolute atomic E-state index is 3.55. The van der Waals surface area contributed by atoms with Crippen LogP contribution >= 0.6 is 47.8 Å². The van der Waals surface area contributed by atoms with Gasteiger partial charge in [-0.2, -0.15) is 0 Å². The van der Waals surface area contributed by atoms with Crippen LogP contribution in [0.1, 0.15) is 13.3 Å². The number of alkyl halides is 3. The molecular formula is C6H11Br3. The summed E-state index contributed by atoms with van der Waals surface area (Å²) in [5.74, 6) is 0.770. The molecule has 0 aromatic carbocycles. The molecule has 0 nitrogen and oxygen atoms in total. The molecule has 0 aliphatic heterocycles. The van der Waals surface area contributed by atoms with Gasteiger partial charge < -0.3 is 0 Å². The molecule has 2 unspecified atom stereocenters. The molecule has 0 aromatic heterocycles. The molecule has 0 radical (unpaired) electrons. The van der Waals surface area contributed by atoms with Crippen LogP contribution in [-0.4, -0.2) is 15.5 Å². The van der Waals surface area contributed by atoms with Gasteiger partial charge in [-0.05, 0) is 12.3 Å². The highest BCUT2D eigenvalue weighted by molar-refractivity contribution is 9.12. The maximum atomic E-state index is 3.55. The molecule has 0 aliphatic carbocycles. The Hall–Kier alpha value is 1.44.